The van der Waals surface area contributed by atoms with Crippen molar-refractivity contribution in [1.29, 1.82) is 0 Å². The van der Waals surface area contributed by atoms with Gasteiger partial charge in [-0.05, 0) is 37.5 Å². The van der Waals surface area contributed by atoms with Crippen molar-refractivity contribution >= 4 is 5.91 Å². The summed E-state index contributed by atoms with van der Waals surface area (Å²) in [6.45, 7) is 5.48. The van der Waals surface area contributed by atoms with E-state index in [-0.39, 0.29) is 5.54 Å². The van der Waals surface area contributed by atoms with Crippen LogP contribution in [0.1, 0.15) is 52.4 Å². The van der Waals surface area contributed by atoms with Crippen molar-refractivity contribution in [3.8, 4) is 0 Å². The van der Waals surface area contributed by atoms with Gasteiger partial charge < -0.3 is 4.90 Å². The van der Waals surface area contributed by atoms with E-state index in [9.17, 15) is 4.79 Å². The minimum Gasteiger partial charge on any atom is -0.325 e. The summed E-state index contributed by atoms with van der Waals surface area (Å²) in [5.41, 5.74) is 0.314. The molecule has 0 aromatic rings. The van der Waals surface area contributed by atoms with Gasteiger partial charge in [0, 0.05) is 6.54 Å². The molecule has 90 valence electrons. The van der Waals surface area contributed by atoms with Crippen LogP contribution >= 0.6 is 0 Å². The fourth-order valence-electron chi connectivity index (χ4n) is 2.82. The summed E-state index contributed by atoms with van der Waals surface area (Å²) in [6, 6.07) is 0. The second-order valence-corrected chi connectivity index (χ2v) is 6.27. The number of hydrogen-bond acceptors (Lipinski definition) is 2. The Morgan fingerprint density at radius 2 is 2.06 bits per heavy atom. The van der Waals surface area contributed by atoms with Gasteiger partial charge in [0.25, 0.3) is 0 Å². The van der Waals surface area contributed by atoms with Gasteiger partial charge in [-0.15, -0.1) is 0 Å². The fraction of sp³-hybridized carbons (Fsp3) is 0.923. The van der Waals surface area contributed by atoms with Gasteiger partial charge in [-0.1, -0.05) is 20.3 Å². The third kappa shape index (κ3) is 1.56. The number of rotatable bonds is 4. The topological polar surface area (TPSA) is 32.3 Å². The summed E-state index contributed by atoms with van der Waals surface area (Å²) >= 11 is 0. The fourth-order valence-corrected chi connectivity index (χ4v) is 2.82. The highest BCUT2D eigenvalue weighted by Gasteiger charge is 2.60. The molecule has 0 aromatic carbocycles. The smallest absolute Gasteiger partial charge is 0.244 e. The minimum atomic E-state index is -0.120. The molecule has 2 aliphatic carbocycles. The van der Waals surface area contributed by atoms with E-state index in [0.717, 1.165) is 32.2 Å². The number of carbonyl (C=O) groups is 1. The second kappa shape index (κ2) is 3.22. The lowest BCUT2D eigenvalue weighted by molar-refractivity contribution is -0.131. The zero-order valence-corrected chi connectivity index (χ0v) is 10.4. The Morgan fingerprint density at radius 3 is 2.56 bits per heavy atom. The molecule has 1 heterocycles. The van der Waals surface area contributed by atoms with E-state index in [2.05, 4.69) is 24.1 Å². The maximum atomic E-state index is 12.3. The van der Waals surface area contributed by atoms with Crippen molar-refractivity contribution in [2.24, 2.45) is 5.41 Å². The van der Waals surface area contributed by atoms with E-state index < -0.39 is 0 Å². The predicted octanol–water partition coefficient (Wildman–Crippen LogP) is 1.88. The molecule has 3 nitrogen and oxygen atoms in total. The van der Waals surface area contributed by atoms with Gasteiger partial charge in [0.05, 0.1) is 11.7 Å². The van der Waals surface area contributed by atoms with Crippen molar-refractivity contribution in [2.75, 3.05) is 6.54 Å². The van der Waals surface area contributed by atoms with Gasteiger partial charge in [0.15, 0.2) is 0 Å². The molecule has 1 saturated heterocycles. The van der Waals surface area contributed by atoms with Crippen LogP contribution in [0.4, 0.5) is 0 Å². The van der Waals surface area contributed by atoms with Crippen LogP contribution in [0.25, 0.3) is 0 Å². The number of carbonyl (C=O) groups excluding carboxylic acids is 1. The Balaban J connectivity index is 1.74. The first-order valence-corrected chi connectivity index (χ1v) is 6.67. The van der Waals surface area contributed by atoms with E-state index in [0.29, 0.717) is 17.5 Å². The van der Waals surface area contributed by atoms with Crippen molar-refractivity contribution < 1.29 is 4.79 Å². The van der Waals surface area contributed by atoms with Crippen LogP contribution in [-0.4, -0.2) is 29.1 Å². The van der Waals surface area contributed by atoms with Gasteiger partial charge in [-0.25, -0.2) is 0 Å². The van der Waals surface area contributed by atoms with Crippen LogP contribution in [0.3, 0.4) is 0 Å². The Labute approximate surface area is 97.6 Å². The molecule has 16 heavy (non-hydrogen) atoms. The standard InChI is InChI=1S/C13H22N2O/c1-3-4-10-14-13(7-8-13)11(16)15(10)9-12(2)5-6-12/h10,14H,3-9H2,1-2H3. The molecule has 1 atom stereocenters. The zero-order valence-electron chi connectivity index (χ0n) is 10.4. The first-order chi connectivity index (χ1) is 7.59. The molecule has 1 N–H and O–H groups in total. The summed E-state index contributed by atoms with van der Waals surface area (Å²) in [7, 11) is 0. The number of nitrogens with one attached hydrogen (secondary N) is 1. The monoisotopic (exact) mass is 222 g/mol. The molecule has 3 heteroatoms. The molecule has 0 radical (unpaired) electrons. The largest absolute Gasteiger partial charge is 0.325 e. The Bertz CT molecular complexity index is 318. The molecule has 2 saturated carbocycles. The third-order valence-electron chi connectivity index (χ3n) is 4.46. The van der Waals surface area contributed by atoms with Gasteiger partial charge in [0.1, 0.15) is 0 Å². The highest BCUT2D eigenvalue weighted by atomic mass is 16.2. The third-order valence-corrected chi connectivity index (χ3v) is 4.46. The lowest BCUT2D eigenvalue weighted by Crippen LogP contribution is -2.40. The van der Waals surface area contributed by atoms with Crippen molar-refractivity contribution in [3.05, 3.63) is 0 Å². The van der Waals surface area contributed by atoms with Crippen LogP contribution in [0, 0.1) is 5.41 Å². The van der Waals surface area contributed by atoms with Crippen molar-refractivity contribution in [3.63, 3.8) is 0 Å². The summed E-state index contributed by atoms with van der Waals surface area (Å²) < 4.78 is 0. The Hall–Kier alpha value is -0.570. The molecule has 1 unspecified atom stereocenters. The van der Waals surface area contributed by atoms with Gasteiger partial charge >= 0.3 is 0 Å². The molecule has 3 aliphatic rings. The first kappa shape index (κ1) is 10.6. The number of nitrogens with zero attached hydrogens (tertiary/aromatic N) is 1. The van der Waals surface area contributed by atoms with Crippen LogP contribution in [0.15, 0.2) is 0 Å². The Kier molecular flexibility index (Phi) is 2.13. The van der Waals surface area contributed by atoms with Crippen molar-refractivity contribution in [1.82, 2.24) is 10.2 Å². The molecule has 1 amide bonds. The maximum Gasteiger partial charge on any atom is 0.244 e. The minimum absolute atomic E-state index is 0.120. The SMILES string of the molecule is CCCC1NC2(CC2)C(=O)N1CC1(C)CC1. The maximum absolute atomic E-state index is 12.3. The summed E-state index contributed by atoms with van der Waals surface area (Å²) in [5, 5.41) is 3.57. The van der Waals surface area contributed by atoms with E-state index in [1.54, 1.807) is 0 Å². The lowest BCUT2D eigenvalue weighted by Gasteiger charge is -2.26. The quantitative estimate of drug-likeness (QED) is 0.787. The van der Waals surface area contributed by atoms with Crippen LogP contribution in [-0.2, 0) is 4.79 Å². The predicted molar refractivity (Wildman–Crippen MR) is 62.9 cm³/mol. The second-order valence-electron chi connectivity index (χ2n) is 6.27. The average Bonchev–Trinajstić information content (AvgIpc) is 3.12. The lowest BCUT2D eigenvalue weighted by atomic mass is 10.1. The van der Waals surface area contributed by atoms with Crippen molar-refractivity contribution in [2.45, 2.75) is 64.1 Å². The molecule has 0 aromatic heterocycles. The highest BCUT2D eigenvalue weighted by molar-refractivity contribution is 5.91. The average molecular weight is 222 g/mol. The molecular formula is C13H22N2O. The van der Waals surface area contributed by atoms with Crippen LogP contribution in [0.2, 0.25) is 0 Å². The summed E-state index contributed by atoms with van der Waals surface area (Å²) in [6.07, 6.45) is 7.26. The molecule has 0 bridgehead atoms. The van der Waals surface area contributed by atoms with Gasteiger partial charge in [0.2, 0.25) is 5.91 Å². The van der Waals surface area contributed by atoms with E-state index >= 15 is 0 Å². The van der Waals surface area contributed by atoms with E-state index in [1.165, 1.54) is 12.8 Å². The molecule has 1 aliphatic heterocycles. The highest BCUT2D eigenvalue weighted by Crippen LogP contribution is 2.49. The molecule has 3 rings (SSSR count). The number of amides is 1. The van der Waals surface area contributed by atoms with Gasteiger partial charge in [-0.2, -0.15) is 0 Å². The van der Waals surface area contributed by atoms with E-state index in [1.807, 2.05) is 0 Å². The molecule has 1 spiro atoms. The summed E-state index contributed by atoms with van der Waals surface area (Å²) in [5.74, 6) is 0.388. The first-order valence-electron chi connectivity index (χ1n) is 6.67. The van der Waals surface area contributed by atoms with Crippen LogP contribution in [0.5, 0.6) is 0 Å². The summed E-state index contributed by atoms with van der Waals surface area (Å²) in [4.78, 5) is 14.5. The van der Waals surface area contributed by atoms with Gasteiger partial charge in [-0.3, -0.25) is 10.1 Å². The normalized spacial score (nSPS) is 33.5. The zero-order chi connectivity index (χ0) is 11.4. The molecule has 3 fully saturated rings. The number of hydrogen-bond donors (Lipinski definition) is 1. The van der Waals surface area contributed by atoms with Crippen LogP contribution < -0.4 is 5.32 Å². The molecular weight excluding hydrogens is 200 g/mol. The van der Waals surface area contributed by atoms with E-state index in [4.69, 9.17) is 0 Å². The Morgan fingerprint density at radius 1 is 1.38 bits per heavy atom.